The molecule has 0 amide bonds. The molecule has 1 atom stereocenters. The molecule has 1 unspecified atom stereocenters. The van der Waals surface area contributed by atoms with Crippen molar-refractivity contribution in [3.05, 3.63) is 96.1 Å². The van der Waals surface area contributed by atoms with Crippen LogP contribution in [0, 0.1) is 6.92 Å². The molecule has 0 spiro atoms. The number of hydrogen-bond donors (Lipinski definition) is 0. The lowest BCUT2D eigenvalue weighted by Gasteiger charge is -2.09. The van der Waals surface area contributed by atoms with E-state index in [1.807, 2.05) is 55.5 Å². The van der Waals surface area contributed by atoms with Crippen molar-refractivity contribution in [1.82, 2.24) is 0 Å². The second kappa shape index (κ2) is 9.11. The van der Waals surface area contributed by atoms with Gasteiger partial charge in [0.15, 0.2) is 0 Å². The van der Waals surface area contributed by atoms with Gasteiger partial charge in [-0.15, -0.1) is 3.77 Å². The average molecular weight is 398 g/mol. The normalized spacial score (nSPS) is 12.8. The molecule has 27 heavy (non-hydrogen) atoms. The Hall–Kier alpha value is -2.24. The smallest absolute Gasteiger partial charge is 0.199 e. The zero-order valence-electron chi connectivity index (χ0n) is 15.3. The van der Waals surface area contributed by atoms with Crippen molar-refractivity contribution in [2.75, 3.05) is 5.75 Å². The lowest BCUT2D eigenvalue weighted by atomic mass is 10.1. The van der Waals surface area contributed by atoms with Crippen LogP contribution in [0.15, 0.2) is 98.5 Å². The first-order valence-electron chi connectivity index (χ1n) is 8.89. The Morgan fingerprint density at radius 2 is 1.41 bits per heavy atom. The molecule has 0 N–H and O–H groups in total. The van der Waals surface area contributed by atoms with Gasteiger partial charge in [0, 0.05) is 10.6 Å². The molecule has 0 saturated heterocycles. The third-order valence-corrected chi connectivity index (χ3v) is 8.03. The van der Waals surface area contributed by atoms with E-state index >= 15 is 0 Å². The Kier molecular flexibility index (Phi) is 6.58. The standard InChI is InChI=1S/C22H23NO2S2/c1-19-14-16-22(17-15-19)27(24,25)23-26(21-12-6-3-7-13-21)18-8-11-20-9-4-2-5-10-20/h2-7,9-10,12-17H,8,11,18H2,1H3. The van der Waals surface area contributed by atoms with E-state index in [9.17, 15) is 8.42 Å². The van der Waals surface area contributed by atoms with Crippen molar-refractivity contribution in [2.24, 2.45) is 3.77 Å². The highest BCUT2D eigenvalue weighted by Gasteiger charge is 2.15. The zero-order valence-corrected chi connectivity index (χ0v) is 16.9. The molecule has 3 aromatic carbocycles. The first-order chi connectivity index (χ1) is 13.0. The lowest BCUT2D eigenvalue weighted by molar-refractivity contribution is 0.598. The third kappa shape index (κ3) is 5.62. The molecular weight excluding hydrogens is 374 g/mol. The SMILES string of the molecule is Cc1ccc(S(=O)(=O)/N=S(/CCCc2ccccc2)c2ccccc2)cc1. The predicted octanol–water partition coefficient (Wildman–Crippen LogP) is 5.18. The minimum Gasteiger partial charge on any atom is -0.199 e. The summed E-state index contributed by atoms with van der Waals surface area (Å²) in [5.74, 6) is 0.712. The Bertz CT molecular complexity index is 997. The first-order valence-corrected chi connectivity index (χ1v) is 11.7. The summed E-state index contributed by atoms with van der Waals surface area (Å²) in [6.07, 6.45) is 1.80. The highest BCUT2D eigenvalue weighted by Crippen LogP contribution is 2.19. The van der Waals surface area contributed by atoms with E-state index in [1.54, 1.807) is 24.3 Å². The fourth-order valence-electron chi connectivity index (χ4n) is 2.71. The second-order valence-corrected chi connectivity index (χ2v) is 9.96. The third-order valence-electron chi connectivity index (χ3n) is 4.17. The van der Waals surface area contributed by atoms with E-state index in [0.717, 1.165) is 23.3 Å². The summed E-state index contributed by atoms with van der Waals surface area (Å²) in [7, 11) is -4.38. The van der Waals surface area contributed by atoms with E-state index in [-0.39, 0.29) is 4.90 Å². The van der Waals surface area contributed by atoms with Gasteiger partial charge in [-0.1, -0.05) is 76.9 Å². The van der Waals surface area contributed by atoms with Crippen molar-refractivity contribution in [2.45, 2.75) is 29.6 Å². The molecule has 5 heteroatoms. The van der Waals surface area contributed by atoms with Crippen LogP contribution >= 0.6 is 0 Å². The molecule has 3 nitrogen and oxygen atoms in total. The maximum Gasteiger partial charge on any atom is 0.288 e. The summed E-state index contributed by atoms with van der Waals surface area (Å²) in [5, 5.41) is 0. The summed E-state index contributed by atoms with van der Waals surface area (Å²) in [6, 6.07) is 26.8. The molecule has 0 radical (unpaired) electrons. The lowest BCUT2D eigenvalue weighted by Crippen LogP contribution is -2.05. The Morgan fingerprint density at radius 1 is 0.815 bits per heavy atom. The molecule has 0 bridgehead atoms. The number of aryl methyl sites for hydroxylation is 2. The number of rotatable bonds is 7. The van der Waals surface area contributed by atoms with Gasteiger partial charge in [-0.3, -0.25) is 0 Å². The van der Waals surface area contributed by atoms with Crippen molar-refractivity contribution in [1.29, 1.82) is 0 Å². The predicted molar refractivity (Wildman–Crippen MR) is 112 cm³/mol. The monoisotopic (exact) mass is 397 g/mol. The molecule has 140 valence electrons. The maximum absolute atomic E-state index is 12.8. The summed E-state index contributed by atoms with van der Waals surface area (Å²) in [6.45, 7) is 1.94. The largest absolute Gasteiger partial charge is 0.288 e. The van der Waals surface area contributed by atoms with Gasteiger partial charge in [0.25, 0.3) is 10.0 Å². The highest BCUT2D eigenvalue weighted by molar-refractivity contribution is 8.00. The topological polar surface area (TPSA) is 46.5 Å². The van der Waals surface area contributed by atoms with Gasteiger partial charge >= 0.3 is 0 Å². The van der Waals surface area contributed by atoms with Crippen LogP contribution < -0.4 is 0 Å². The van der Waals surface area contributed by atoms with Crippen LogP contribution in [0.4, 0.5) is 0 Å². The molecular formula is C22H23NO2S2. The van der Waals surface area contributed by atoms with E-state index in [1.165, 1.54) is 5.56 Å². The minimum atomic E-state index is -3.68. The molecule has 0 aromatic heterocycles. The van der Waals surface area contributed by atoms with Gasteiger partial charge in [0.05, 0.1) is 4.90 Å². The van der Waals surface area contributed by atoms with Crippen LogP contribution in [-0.4, -0.2) is 14.2 Å². The van der Waals surface area contributed by atoms with Crippen LogP contribution in [-0.2, 0) is 27.1 Å². The molecule has 0 heterocycles. The van der Waals surface area contributed by atoms with Gasteiger partial charge in [-0.05, 0) is 49.6 Å². The van der Waals surface area contributed by atoms with Gasteiger partial charge in [-0.25, -0.2) is 0 Å². The Balaban J connectivity index is 1.85. The fourth-order valence-corrected chi connectivity index (χ4v) is 6.24. The van der Waals surface area contributed by atoms with Crippen molar-refractivity contribution >= 4 is 20.7 Å². The van der Waals surface area contributed by atoms with Crippen LogP contribution in [0.3, 0.4) is 0 Å². The summed E-state index contributed by atoms with van der Waals surface area (Å²) in [4.78, 5) is 1.21. The van der Waals surface area contributed by atoms with Gasteiger partial charge in [-0.2, -0.15) is 8.42 Å². The van der Waals surface area contributed by atoms with Crippen molar-refractivity contribution < 1.29 is 8.42 Å². The second-order valence-electron chi connectivity index (χ2n) is 6.33. The summed E-state index contributed by atoms with van der Waals surface area (Å²) < 4.78 is 29.9. The van der Waals surface area contributed by atoms with Crippen LogP contribution in [0.25, 0.3) is 0 Å². The van der Waals surface area contributed by atoms with Gasteiger partial charge in [0.1, 0.15) is 0 Å². The van der Waals surface area contributed by atoms with E-state index in [0.29, 0.717) is 5.75 Å². The van der Waals surface area contributed by atoms with Crippen molar-refractivity contribution in [3.63, 3.8) is 0 Å². The summed E-state index contributed by atoms with van der Waals surface area (Å²) >= 11 is 0. The molecule has 0 aliphatic rings. The quantitative estimate of drug-likeness (QED) is 0.552. The molecule has 3 aromatic rings. The number of nitrogens with zero attached hydrogens (tertiary/aromatic N) is 1. The maximum atomic E-state index is 12.8. The number of hydrogen-bond acceptors (Lipinski definition) is 2. The average Bonchev–Trinajstić information content (AvgIpc) is 2.69. The molecule has 3 rings (SSSR count). The number of sulfonamides is 1. The zero-order chi connectivity index (χ0) is 19.1. The van der Waals surface area contributed by atoms with Gasteiger partial charge in [0.2, 0.25) is 0 Å². The van der Waals surface area contributed by atoms with Crippen molar-refractivity contribution in [3.8, 4) is 0 Å². The Morgan fingerprint density at radius 3 is 2.04 bits per heavy atom. The Labute approximate surface area is 164 Å². The number of benzene rings is 3. The molecule has 0 fully saturated rings. The van der Waals surface area contributed by atoms with Crippen LogP contribution in [0.2, 0.25) is 0 Å². The van der Waals surface area contributed by atoms with E-state index in [4.69, 9.17) is 0 Å². The van der Waals surface area contributed by atoms with E-state index in [2.05, 4.69) is 15.9 Å². The van der Waals surface area contributed by atoms with Gasteiger partial charge < -0.3 is 0 Å². The molecule has 0 aliphatic carbocycles. The van der Waals surface area contributed by atoms with E-state index < -0.39 is 20.7 Å². The summed E-state index contributed by atoms with van der Waals surface area (Å²) in [5.41, 5.74) is 2.29. The minimum absolute atomic E-state index is 0.254. The highest BCUT2D eigenvalue weighted by atomic mass is 32.3. The first kappa shape index (κ1) is 19.5. The van der Waals surface area contributed by atoms with Crippen LogP contribution in [0.1, 0.15) is 17.5 Å². The molecule has 0 aliphatic heterocycles. The van der Waals surface area contributed by atoms with Crippen LogP contribution in [0.5, 0.6) is 0 Å². The fraction of sp³-hybridized carbons (Fsp3) is 0.182. The molecule has 0 saturated carbocycles.